The summed E-state index contributed by atoms with van der Waals surface area (Å²) in [5.41, 5.74) is 2.37. The number of carbonyl (C=O) groups is 1. The van der Waals surface area contributed by atoms with Gasteiger partial charge in [-0.2, -0.15) is 5.10 Å². The van der Waals surface area contributed by atoms with Crippen LogP contribution in [0.5, 0.6) is 5.75 Å². The van der Waals surface area contributed by atoms with Gasteiger partial charge in [-0.3, -0.25) is 9.48 Å². The predicted molar refractivity (Wildman–Crippen MR) is 122 cm³/mol. The molecule has 0 saturated carbocycles. The zero-order valence-electron chi connectivity index (χ0n) is 18.3. The molecule has 0 unspecified atom stereocenters. The van der Waals surface area contributed by atoms with E-state index in [9.17, 15) is 13.2 Å². The smallest absolute Gasteiger partial charge is 0.257 e. The van der Waals surface area contributed by atoms with Crippen LogP contribution in [0.15, 0.2) is 36.5 Å². The number of hydrogen-bond acceptors (Lipinski definition) is 5. The van der Waals surface area contributed by atoms with E-state index in [1.807, 2.05) is 55.9 Å². The standard InChI is InChI=1S/C22H28N4O4S/c1-5-6-7-14-31(28,29)24-21(27)11-10-19-16(2)23-25(3)22(19)26-13-12-17-8-9-18(30-4)15-20(17)26/h8-13,15H,5-7,14H2,1-4H3,(H,24,27)/b11-10+. The van der Waals surface area contributed by atoms with Gasteiger partial charge in [0.15, 0.2) is 0 Å². The molecule has 1 N–H and O–H groups in total. The molecule has 3 rings (SSSR count). The molecule has 2 aromatic heterocycles. The number of methoxy groups -OCH3 is 1. The van der Waals surface area contributed by atoms with Gasteiger partial charge in [0, 0.05) is 36.3 Å². The zero-order valence-corrected chi connectivity index (χ0v) is 19.1. The molecule has 0 radical (unpaired) electrons. The first-order chi connectivity index (χ1) is 14.8. The second-order valence-electron chi connectivity index (χ2n) is 7.38. The molecule has 8 nitrogen and oxygen atoms in total. The molecule has 9 heteroatoms. The van der Waals surface area contributed by atoms with Crippen LogP contribution in [0.25, 0.3) is 22.8 Å². The average molecular weight is 445 g/mol. The number of rotatable bonds is 9. The lowest BCUT2D eigenvalue weighted by molar-refractivity contribution is -0.114. The maximum absolute atomic E-state index is 12.2. The molecule has 0 aliphatic carbocycles. The maximum atomic E-state index is 12.2. The van der Waals surface area contributed by atoms with Crippen LogP contribution >= 0.6 is 0 Å². The van der Waals surface area contributed by atoms with Gasteiger partial charge in [-0.05, 0) is 37.6 Å². The summed E-state index contributed by atoms with van der Waals surface area (Å²) in [5, 5.41) is 5.52. The number of aromatic nitrogens is 3. The van der Waals surface area contributed by atoms with Crippen LogP contribution in [-0.2, 0) is 21.9 Å². The number of nitrogens with zero attached hydrogens (tertiary/aromatic N) is 3. The van der Waals surface area contributed by atoms with Gasteiger partial charge in [-0.15, -0.1) is 0 Å². The van der Waals surface area contributed by atoms with Crippen LogP contribution in [0.2, 0.25) is 0 Å². The summed E-state index contributed by atoms with van der Waals surface area (Å²) >= 11 is 0. The van der Waals surface area contributed by atoms with Crippen LogP contribution in [0, 0.1) is 6.92 Å². The van der Waals surface area contributed by atoms with E-state index in [1.54, 1.807) is 17.9 Å². The summed E-state index contributed by atoms with van der Waals surface area (Å²) in [6, 6.07) is 7.79. The Hall–Kier alpha value is -3.07. The Morgan fingerprint density at radius 1 is 1.26 bits per heavy atom. The Kier molecular flexibility index (Phi) is 6.84. The monoisotopic (exact) mass is 444 g/mol. The minimum atomic E-state index is -3.64. The van der Waals surface area contributed by atoms with Gasteiger partial charge in [-0.1, -0.05) is 19.8 Å². The fourth-order valence-corrected chi connectivity index (χ4v) is 4.56. The number of ether oxygens (including phenoxy) is 1. The largest absolute Gasteiger partial charge is 0.497 e. The molecule has 2 heterocycles. The van der Waals surface area contributed by atoms with Gasteiger partial charge in [0.25, 0.3) is 5.91 Å². The molecule has 0 spiro atoms. The summed E-state index contributed by atoms with van der Waals surface area (Å²) in [6.45, 7) is 3.83. The molecule has 1 amide bonds. The average Bonchev–Trinajstić information content (AvgIpc) is 3.24. The Morgan fingerprint density at radius 3 is 2.74 bits per heavy atom. The van der Waals surface area contributed by atoms with Crippen molar-refractivity contribution >= 4 is 32.9 Å². The third-order valence-corrected chi connectivity index (χ3v) is 6.38. The highest BCUT2D eigenvalue weighted by Crippen LogP contribution is 2.28. The van der Waals surface area contributed by atoms with Crippen molar-refractivity contribution in [1.82, 2.24) is 19.1 Å². The van der Waals surface area contributed by atoms with Gasteiger partial charge < -0.3 is 9.30 Å². The molecule has 31 heavy (non-hydrogen) atoms. The highest BCUT2D eigenvalue weighted by molar-refractivity contribution is 7.90. The molecular formula is C22H28N4O4S. The van der Waals surface area contributed by atoms with Crippen molar-refractivity contribution in [3.8, 4) is 11.6 Å². The number of aryl methyl sites for hydroxylation is 2. The van der Waals surface area contributed by atoms with Crippen molar-refractivity contribution in [3.05, 3.63) is 47.8 Å². The van der Waals surface area contributed by atoms with Crippen LogP contribution < -0.4 is 9.46 Å². The normalized spacial score (nSPS) is 12.0. The fraction of sp³-hybridized carbons (Fsp3) is 0.364. The van der Waals surface area contributed by atoms with E-state index in [-0.39, 0.29) is 5.75 Å². The molecular weight excluding hydrogens is 416 g/mol. The lowest BCUT2D eigenvalue weighted by Crippen LogP contribution is -2.31. The topological polar surface area (TPSA) is 95.2 Å². The van der Waals surface area contributed by atoms with Crippen LogP contribution in [0.3, 0.4) is 0 Å². The number of hydrogen-bond donors (Lipinski definition) is 1. The summed E-state index contributed by atoms with van der Waals surface area (Å²) in [6.07, 6.45) is 7.00. The number of amides is 1. The first-order valence-electron chi connectivity index (χ1n) is 10.2. The fourth-order valence-electron chi connectivity index (χ4n) is 3.50. The van der Waals surface area contributed by atoms with E-state index in [2.05, 4.69) is 9.82 Å². The van der Waals surface area contributed by atoms with Gasteiger partial charge >= 0.3 is 0 Å². The Balaban J connectivity index is 1.90. The van der Waals surface area contributed by atoms with Gasteiger partial charge in [0.05, 0.1) is 24.1 Å². The summed E-state index contributed by atoms with van der Waals surface area (Å²) in [5.74, 6) is 0.755. The van der Waals surface area contributed by atoms with E-state index in [1.165, 1.54) is 6.08 Å². The maximum Gasteiger partial charge on any atom is 0.257 e. The van der Waals surface area contributed by atoms with Crippen molar-refractivity contribution in [2.45, 2.75) is 33.1 Å². The Bertz CT molecular complexity index is 1220. The minimum Gasteiger partial charge on any atom is -0.497 e. The van der Waals surface area contributed by atoms with Crippen molar-refractivity contribution < 1.29 is 17.9 Å². The minimum absolute atomic E-state index is 0.0607. The van der Waals surface area contributed by atoms with E-state index in [0.29, 0.717) is 6.42 Å². The van der Waals surface area contributed by atoms with Gasteiger partial charge in [0.2, 0.25) is 10.0 Å². The lowest BCUT2D eigenvalue weighted by atomic mass is 10.2. The highest BCUT2D eigenvalue weighted by Gasteiger charge is 2.17. The second-order valence-corrected chi connectivity index (χ2v) is 9.22. The van der Waals surface area contributed by atoms with E-state index in [0.717, 1.165) is 46.6 Å². The number of carbonyl (C=O) groups excluding carboxylic acids is 1. The lowest BCUT2D eigenvalue weighted by Gasteiger charge is -2.09. The second kappa shape index (κ2) is 9.38. The molecule has 0 fully saturated rings. The SMILES string of the molecule is CCCCCS(=O)(=O)NC(=O)/C=C/c1c(C)nn(C)c1-n1ccc2ccc(OC)cc21. The summed E-state index contributed by atoms with van der Waals surface area (Å²) in [4.78, 5) is 12.2. The molecule has 166 valence electrons. The van der Waals surface area contributed by atoms with Crippen LogP contribution in [-0.4, -0.2) is 41.5 Å². The van der Waals surface area contributed by atoms with Crippen molar-refractivity contribution in [2.75, 3.05) is 12.9 Å². The number of benzene rings is 1. The third-order valence-electron chi connectivity index (χ3n) is 5.04. The highest BCUT2D eigenvalue weighted by atomic mass is 32.2. The molecule has 0 atom stereocenters. The number of sulfonamides is 1. The van der Waals surface area contributed by atoms with Gasteiger partial charge in [0.1, 0.15) is 11.6 Å². The Morgan fingerprint density at radius 2 is 2.03 bits per heavy atom. The first kappa shape index (κ1) is 22.6. The molecule has 0 aliphatic heterocycles. The quantitative estimate of drug-likeness (QED) is 0.403. The summed E-state index contributed by atoms with van der Waals surface area (Å²) in [7, 11) is -0.203. The number of fused-ring (bicyclic) bond motifs is 1. The van der Waals surface area contributed by atoms with Crippen molar-refractivity contribution in [2.24, 2.45) is 7.05 Å². The molecule has 3 aromatic rings. The molecule has 0 aliphatic rings. The predicted octanol–water partition coefficient (Wildman–Crippen LogP) is 3.33. The van der Waals surface area contributed by atoms with Crippen molar-refractivity contribution in [1.29, 1.82) is 0 Å². The van der Waals surface area contributed by atoms with E-state index in [4.69, 9.17) is 4.74 Å². The van der Waals surface area contributed by atoms with E-state index < -0.39 is 15.9 Å². The van der Waals surface area contributed by atoms with E-state index >= 15 is 0 Å². The molecule has 1 aromatic carbocycles. The van der Waals surface area contributed by atoms with Gasteiger partial charge in [-0.25, -0.2) is 13.1 Å². The number of nitrogens with one attached hydrogen (secondary N) is 1. The first-order valence-corrected chi connectivity index (χ1v) is 11.8. The van der Waals surface area contributed by atoms with Crippen LogP contribution in [0.1, 0.15) is 37.4 Å². The molecule has 0 saturated heterocycles. The van der Waals surface area contributed by atoms with Crippen LogP contribution in [0.4, 0.5) is 0 Å². The zero-order chi connectivity index (χ0) is 22.6. The third kappa shape index (κ3) is 5.16. The van der Waals surface area contributed by atoms with Crippen molar-refractivity contribution in [3.63, 3.8) is 0 Å². The molecule has 0 bridgehead atoms. The summed E-state index contributed by atoms with van der Waals surface area (Å²) < 4.78 is 35.3. The Labute approximate surface area is 182 Å². The number of unbranched alkanes of at least 4 members (excludes halogenated alkanes) is 2.